The van der Waals surface area contributed by atoms with E-state index in [1.54, 1.807) is 38.4 Å². The van der Waals surface area contributed by atoms with Crippen LogP contribution in [0.2, 0.25) is 10.0 Å². The second-order valence-electron chi connectivity index (χ2n) is 6.81. The SMILES string of the molecule is COc1ccc(/C(=C/c2c(Cl)cncc2Cl)OC(=O)N(C)c2ccccc2C)cc1OC. The van der Waals surface area contributed by atoms with Crippen LogP contribution in [0.4, 0.5) is 10.5 Å². The molecule has 1 aromatic heterocycles. The van der Waals surface area contributed by atoms with E-state index in [0.717, 1.165) is 11.3 Å². The molecule has 0 radical (unpaired) electrons. The zero-order chi connectivity index (χ0) is 23.3. The Kier molecular flexibility index (Phi) is 7.62. The minimum atomic E-state index is -0.582. The Balaban J connectivity index is 2.06. The van der Waals surface area contributed by atoms with Crippen molar-refractivity contribution in [3.05, 3.63) is 81.6 Å². The summed E-state index contributed by atoms with van der Waals surface area (Å²) in [5.41, 5.74) is 2.70. The predicted molar refractivity (Wildman–Crippen MR) is 128 cm³/mol. The van der Waals surface area contributed by atoms with Gasteiger partial charge in [-0.1, -0.05) is 41.4 Å². The van der Waals surface area contributed by atoms with Crippen molar-refractivity contribution < 1.29 is 19.0 Å². The van der Waals surface area contributed by atoms with Gasteiger partial charge in [-0.15, -0.1) is 0 Å². The van der Waals surface area contributed by atoms with Gasteiger partial charge in [-0.25, -0.2) is 4.79 Å². The van der Waals surface area contributed by atoms with Gasteiger partial charge in [0.05, 0.1) is 24.3 Å². The van der Waals surface area contributed by atoms with Crippen molar-refractivity contribution in [3.8, 4) is 11.5 Å². The molecule has 8 heteroatoms. The van der Waals surface area contributed by atoms with Crippen molar-refractivity contribution >= 4 is 46.8 Å². The Hall–Kier alpha value is -3.22. The second-order valence-corrected chi connectivity index (χ2v) is 7.62. The molecule has 0 unspecified atom stereocenters. The maximum Gasteiger partial charge on any atom is 0.419 e. The molecule has 1 heterocycles. The van der Waals surface area contributed by atoms with Crippen LogP contribution in [0.15, 0.2) is 54.9 Å². The van der Waals surface area contributed by atoms with Crippen molar-refractivity contribution in [2.24, 2.45) is 0 Å². The molecule has 6 nitrogen and oxygen atoms in total. The van der Waals surface area contributed by atoms with Gasteiger partial charge in [-0.05, 0) is 42.8 Å². The molecule has 0 aliphatic rings. The van der Waals surface area contributed by atoms with E-state index in [-0.39, 0.29) is 5.76 Å². The number of aromatic nitrogens is 1. The molecule has 0 N–H and O–H groups in total. The molecule has 0 bridgehead atoms. The molecule has 0 fully saturated rings. The smallest absolute Gasteiger partial charge is 0.419 e. The average molecular weight is 473 g/mol. The molecule has 0 saturated carbocycles. The standard InChI is InChI=1S/C24H22Cl2N2O4/c1-15-7-5-6-8-20(15)28(2)24(29)32-22(12-17-18(25)13-27-14-19(17)26)16-9-10-21(30-3)23(11-16)31-4/h5-14H,1-4H3/b22-12-. The fourth-order valence-electron chi connectivity index (χ4n) is 3.05. The monoisotopic (exact) mass is 472 g/mol. The summed E-state index contributed by atoms with van der Waals surface area (Å²) in [5, 5.41) is 0.637. The van der Waals surface area contributed by atoms with Gasteiger partial charge in [0.15, 0.2) is 11.5 Å². The third-order valence-electron chi connectivity index (χ3n) is 4.78. The van der Waals surface area contributed by atoms with Crippen LogP contribution in [0.25, 0.3) is 11.8 Å². The number of carbonyl (C=O) groups excluding carboxylic acids is 1. The third-order valence-corrected chi connectivity index (χ3v) is 5.38. The van der Waals surface area contributed by atoms with Gasteiger partial charge in [0.2, 0.25) is 0 Å². The number of methoxy groups -OCH3 is 2. The van der Waals surface area contributed by atoms with Gasteiger partial charge >= 0.3 is 6.09 Å². The number of amides is 1. The van der Waals surface area contributed by atoms with E-state index in [1.807, 2.05) is 31.2 Å². The van der Waals surface area contributed by atoms with Crippen LogP contribution in [0.5, 0.6) is 11.5 Å². The number of aryl methyl sites for hydroxylation is 1. The molecule has 32 heavy (non-hydrogen) atoms. The summed E-state index contributed by atoms with van der Waals surface area (Å²) in [6, 6.07) is 12.7. The van der Waals surface area contributed by atoms with E-state index in [4.69, 9.17) is 37.4 Å². The number of ether oxygens (including phenoxy) is 3. The summed E-state index contributed by atoms with van der Waals surface area (Å²) in [6.07, 6.45) is 3.94. The van der Waals surface area contributed by atoms with E-state index < -0.39 is 6.09 Å². The van der Waals surface area contributed by atoms with E-state index in [1.165, 1.54) is 24.4 Å². The number of benzene rings is 2. The normalized spacial score (nSPS) is 11.1. The van der Waals surface area contributed by atoms with Crippen molar-refractivity contribution in [2.45, 2.75) is 6.92 Å². The highest BCUT2D eigenvalue weighted by Crippen LogP contribution is 2.34. The van der Waals surface area contributed by atoms with Crippen LogP contribution in [-0.4, -0.2) is 32.3 Å². The highest BCUT2D eigenvalue weighted by atomic mass is 35.5. The Morgan fingerprint density at radius 1 is 1.00 bits per heavy atom. The van der Waals surface area contributed by atoms with E-state index >= 15 is 0 Å². The molecule has 0 spiro atoms. The molecular formula is C24H22Cl2N2O4. The first-order valence-corrected chi connectivity index (χ1v) is 10.4. The minimum absolute atomic E-state index is 0.228. The lowest BCUT2D eigenvalue weighted by atomic mass is 10.1. The molecule has 0 aliphatic heterocycles. The largest absolute Gasteiger partial charge is 0.493 e. The summed E-state index contributed by atoms with van der Waals surface area (Å²) in [6.45, 7) is 1.92. The lowest BCUT2D eigenvalue weighted by molar-refractivity contribution is 0.201. The number of para-hydroxylation sites is 1. The van der Waals surface area contributed by atoms with Crippen LogP contribution < -0.4 is 14.4 Å². The molecule has 3 aromatic rings. The van der Waals surface area contributed by atoms with Crippen LogP contribution >= 0.6 is 23.2 Å². The number of rotatable bonds is 6. The number of hydrogen-bond donors (Lipinski definition) is 0. The van der Waals surface area contributed by atoms with Gasteiger partial charge in [0.1, 0.15) is 5.76 Å². The average Bonchev–Trinajstić information content (AvgIpc) is 2.80. The number of anilines is 1. The van der Waals surface area contributed by atoms with Crippen molar-refractivity contribution in [2.75, 3.05) is 26.2 Å². The first-order valence-electron chi connectivity index (χ1n) is 9.60. The van der Waals surface area contributed by atoms with Crippen LogP contribution in [0.3, 0.4) is 0 Å². The van der Waals surface area contributed by atoms with Crippen molar-refractivity contribution in [1.82, 2.24) is 4.98 Å². The number of halogens is 2. The highest BCUT2D eigenvalue weighted by Gasteiger charge is 2.19. The highest BCUT2D eigenvalue weighted by molar-refractivity contribution is 6.37. The van der Waals surface area contributed by atoms with Crippen LogP contribution in [-0.2, 0) is 4.74 Å². The Morgan fingerprint density at radius 3 is 2.28 bits per heavy atom. The van der Waals surface area contributed by atoms with Gasteiger partial charge in [-0.3, -0.25) is 9.88 Å². The molecule has 0 saturated heterocycles. The first kappa shape index (κ1) is 23.4. The van der Waals surface area contributed by atoms with E-state index in [2.05, 4.69) is 4.98 Å². The van der Waals surface area contributed by atoms with Gasteiger partial charge in [0, 0.05) is 36.3 Å². The van der Waals surface area contributed by atoms with Crippen LogP contribution in [0, 0.1) is 6.92 Å². The number of pyridine rings is 1. The van der Waals surface area contributed by atoms with Crippen molar-refractivity contribution in [1.29, 1.82) is 0 Å². The number of hydrogen-bond acceptors (Lipinski definition) is 5. The minimum Gasteiger partial charge on any atom is -0.493 e. The number of carbonyl (C=O) groups is 1. The summed E-state index contributed by atoms with van der Waals surface area (Å²) in [7, 11) is 4.71. The zero-order valence-electron chi connectivity index (χ0n) is 18.1. The lowest BCUT2D eigenvalue weighted by Gasteiger charge is -2.20. The Bertz CT molecular complexity index is 1140. The van der Waals surface area contributed by atoms with E-state index in [9.17, 15) is 4.79 Å². The first-order chi connectivity index (χ1) is 15.3. The number of nitrogens with zero attached hydrogens (tertiary/aromatic N) is 2. The van der Waals surface area contributed by atoms with Gasteiger partial charge < -0.3 is 14.2 Å². The summed E-state index contributed by atoms with van der Waals surface area (Å²) in [5.74, 6) is 1.25. The van der Waals surface area contributed by atoms with Gasteiger partial charge in [0.25, 0.3) is 0 Å². The van der Waals surface area contributed by atoms with Crippen molar-refractivity contribution in [3.63, 3.8) is 0 Å². The fourth-order valence-corrected chi connectivity index (χ4v) is 3.53. The fraction of sp³-hybridized carbons (Fsp3) is 0.167. The Morgan fingerprint density at radius 2 is 1.66 bits per heavy atom. The maximum atomic E-state index is 13.0. The maximum absolute atomic E-state index is 13.0. The summed E-state index contributed by atoms with van der Waals surface area (Å²) >= 11 is 12.6. The Labute approximate surface area is 196 Å². The topological polar surface area (TPSA) is 60.9 Å². The molecule has 0 atom stereocenters. The predicted octanol–water partition coefficient (Wildman–Crippen LogP) is 6.49. The molecule has 0 aliphatic carbocycles. The molecule has 1 amide bonds. The van der Waals surface area contributed by atoms with Gasteiger partial charge in [-0.2, -0.15) is 0 Å². The summed E-state index contributed by atoms with van der Waals surface area (Å²) in [4.78, 5) is 18.4. The summed E-state index contributed by atoms with van der Waals surface area (Å²) < 4.78 is 16.5. The molecule has 3 rings (SSSR count). The molecular weight excluding hydrogens is 451 g/mol. The zero-order valence-corrected chi connectivity index (χ0v) is 19.6. The third kappa shape index (κ3) is 5.15. The van der Waals surface area contributed by atoms with E-state index in [0.29, 0.717) is 32.7 Å². The lowest BCUT2D eigenvalue weighted by Crippen LogP contribution is -2.27. The second kappa shape index (κ2) is 10.4. The molecule has 166 valence electrons. The molecule has 2 aromatic carbocycles. The van der Waals surface area contributed by atoms with Crippen LogP contribution in [0.1, 0.15) is 16.7 Å². The quantitative estimate of drug-likeness (QED) is 0.383.